The molecule has 4 aromatic heterocycles. The Balaban J connectivity index is 1.02. The molecule has 0 bridgehead atoms. The topological polar surface area (TPSA) is 52.8 Å². The summed E-state index contributed by atoms with van der Waals surface area (Å²) in [6, 6.07) is 65.6. The van der Waals surface area contributed by atoms with E-state index >= 15 is 0 Å². The normalized spacial score (nSPS) is 16.9. The van der Waals surface area contributed by atoms with E-state index in [9.17, 15) is 0 Å². The molecule has 0 spiro atoms. The summed E-state index contributed by atoms with van der Waals surface area (Å²) in [5.41, 5.74) is 6.83. The Morgan fingerprint density at radius 2 is 1.04 bits per heavy atom. The zero-order valence-corrected chi connectivity index (χ0v) is 37.7. The molecule has 15 rings (SSSR count). The molecule has 1 aliphatic heterocycles. The van der Waals surface area contributed by atoms with Crippen LogP contribution in [-0.2, 0) is 5.41 Å². The molecule has 0 saturated carbocycles. The van der Waals surface area contributed by atoms with E-state index in [1.165, 1.54) is 63.3 Å². The summed E-state index contributed by atoms with van der Waals surface area (Å²) in [4.78, 5) is 16.4. The molecule has 7 heteroatoms. The average Bonchev–Trinajstić information content (AvgIpc) is 4.13. The molecule has 2 atom stereocenters. The van der Waals surface area contributed by atoms with Gasteiger partial charge in [0.05, 0.1) is 16.4 Å². The molecule has 2 unspecified atom stereocenters. The maximum absolute atomic E-state index is 7.27. The number of thiophene rings is 2. The van der Waals surface area contributed by atoms with Gasteiger partial charge >= 0.3 is 0 Å². The number of hydrogen-bond acceptors (Lipinski definition) is 6. The second-order valence-corrected chi connectivity index (χ2v) is 20.1. The molecule has 67 heavy (non-hydrogen) atoms. The van der Waals surface area contributed by atoms with Gasteiger partial charge in [-0.3, -0.25) is 0 Å². The second kappa shape index (κ2) is 13.8. The molecule has 0 saturated heterocycles. The van der Waals surface area contributed by atoms with E-state index in [1.54, 1.807) is 22.7 Å². The first kappa shape index (κ1) is 37.3. The van der Waals surface area contributed by atoms with Gasteiger partial charge in [-0.25, -0.2) is 15.0 Å². The Hall–Kier alpha value is -7.97. The number of rotatable bonds is 4. The zero-order chi connectivity index (χ0) is 44.0. The first-order valence-electron chi connectivity index (χ1n) is 22.7. The van der Waals surface area contributed by atoms with Crippen molar-refractivity contribution in [1.82, 2.24) is 19.5 Å². The molecule has 0 radical (unpaired) electrons. The van der Waals surface area contributed by atoms with Crippen LogP contribution in [0.2, 0.25) is 0 Å². The molecule has 9 aromatic carbocycles. The first-order chi connectivity index (χ1) is 33.1. The van der Waals surface area contributed by atoms with Gasteiger partial charge in [-0.15, -0.1) is 22.7 Å². The van der Waals surface area contributed by atoms with Crippen LogP contribution in [0.15, 0.2) is 194 Å². The summed E-state index contributed by atoms with van der Waals surface area (Å²) < 4.78 is 14.6. The minimum Gasteiger partial charge on any atom is -0.484 e. The Morgan fingerprint density at radius 1 is 0.478 bits per heavy atom. The fourth-order valence-electron chi connectivity index (χ4n) is 11.3. The van der Waals surface area contributed by atoms with Crippen LogP contribution < -0.4 is 4.74 Å². The highest BCUT2D eigenvalue weighted by atomic mass is 32.1. The standard InChI is InChI=1S/C60H36N4OS2/c1-60-46-24-8-9-25-49(46)65-56(60)44(29-31-52(60)64-47-30-28-34-14-4-5-17-37(34)53(47)45-32-35-15-2-3-16-36(35)33-48(45)64)59-62-57(42-22-12-20-40-38-18-6-10-26-50(38)66-54(40)42)61-58(63-59)43-23-13-21-41-39-19-7-11-27-51(39)67-55(41)43/h2-33,56H,1H3. The first-order valence-corrected chi connectivity index (χ1v) is 24.3. The fraction of sp³-hybridized carbons (Fsp3) is 0.0500. The van der Waals surface area contributed by atoms with Crippen LogP contribution in [0.1, 0.15) is 18.3 Å². The van der Waals surface area contributed by atoms with Gasteiger partial charge in [0.2, 0.25) is 0 Å². The predicted octanol–water partition coefficient (Wildman–Crippen LogP) is 16.0. The average molecular weight is 893 g/mol. The smallest absolute Gasteiger partial charge is 0.165 e. The van der Waals surface area contributed by atoms with Gasteiger partial charge in [-0.1, -0.05) is 133 Å². The van der Waals surface area contributed by atoms with Crippen molar-refractivity contribution in [3.05, 3.63) is 206 Å². The third-order valence-electron chi connectivity index (χ3n) is 14.4. The SMILES string of the molecule is CC12C(n3c4cc5ccccc5cc4c4c5ccccc5ccc43)=CC=C(c3nc(-c4cccc5c4sc4ccccc45)nc(-c4cccc5c4sc4ccccc45)n3)C1Oc1ccccc12. The number of aromatic nitrogens is 4. The van der Waals surface area contributed by atoms with Crippen LogP contribution >= 0.6 is 22.7 Å². The van der Waals surface area contributed by atoms with Crippen LogP contribution in [0.5, 0.6) is 5.75 Å². The van der Waals surface area contributed by atoms with Crippen molar-refractivity contribution in [3.63, 3.8) is 0 Å². The highest BCUT2D eigenvalue weighted by molar-refractivity contribution is 7.26. The number of fused-ring (bicyclic) bond motifs is 15. The van der Waals surface area contributed by atoms with Gasteiger partial charge in [-0.2, -0.15) is 0 Å². The summed E-state index contributed by atoms with van der Waals surface area (Å²) in [7, 11) is 0. The highest BCUT2D eigenvalue weighted by Crippen LogP contribution is 2.56. The van der Waals surface area contributed by atoms with Crippen molar-refractivity contribution in [2.45, 2.75) is 18.4 Å². The molecule has 2 aliphatic rings. The minimum atomic E-state index is -0.652. The number of benzene rings is 9. The van der Waals surface area contributed by atoms with Gasteiger partial charge in [0.15, 0.2) is 17.5 Å². The number of ether oxygens (including phenoxy) is 1. The van der Waals surface area contributed by atoms with Gasteiger partial charge in [0.25, 0.3) is 0 Å². The van der Waals surface area contributed by atoms with Gasteiger partial charge in [-0.05, 0) is 89.2 Å². The number of allylic oxidation sites excluding steroid dienone is 2. The molecule has 0 N–H and O–H groups in total. The summed E-state index contributed by atoms with van der Waals surface area (Å²) >= 11 is 3.58. The van der Waals surface area contributed by atoms with E-state index in [1.807, 2.05) is 0 Å². The largest absolute Gasteiger partial charge is 0.484 e. The van der Waals surface area contributed by atoms with Crippen molar-refractivity contribution in [1.29, 1.82) is 0 Å². The molecule has 314 valence electrons. The Labute approximate surface area is 392 Å². The Kier molecular flexibility index (Phi) is 7.67. The molecule has 1 aliphatic carbocycles. The molecule has 0 amide bonds. The van der Waals surface area contributed by atoms with E-state index in [-0.39, 0.29) is 0 Å². The summed E-state index contributed by atoms with van der Waals surface area (Å²) in [5, 5.41) is 12.2. The number of nitrogens with zero attached hydrogens (tertiary/aromatic N) is 4. The van der Waals surface area contributed by atoms with Gasteiger partial charge in [0.1, 0.15) is 11.9 Å². The third-order valence-corrected chi connectivity index (χ3v) is 16.8. The van der Waals surface area contributed by atoms with Crippen molar-refractivity contribution < 1.29 is 4.74 Å². The maximum Gasteiger partial charge on any atom is 0.165 e. The molecule has 5 heterocycles. The highest BCUT2D eigenvalue weighted by Gasteiger charge is 2.53. The molecule has 5 nitrogen and oxygen atoms in total. The van der Waals surface area contributed by atoms with E-state index in [2.05, 4.69) is 206 Å². The third kappa shape index (κ3) is 5.21. The molecule has 13 aromatic rings. The molecular formula is C60H36N4OS2. The van der Waals surface area contributed by atoms with Crippen LogP contribution in [-0.4, -0.2) is 25.6 Å². The minimum absolute atomic E-state index is 0.457. The van der Waals surface area contributed by atoms with Crippen molar-refractivity contribution in [2.75, 3.05) is 0 Å². The van der Waals surface area contributed by atoms with Crippen LogP contribution in [0.4, 0.5) is 0 Å². The monoisotopic (exact) mass is 892 g/mol. The lowest BCUT2D eigenvalue weighted by Gasteiger charge is -2.37. The lowest BCUT2D eigenvalue weighted by atomic mass is 9.70. The van der Waals surface area contributed by atoms with E-state index < -0.39 is 11.5 Å². The Morgan fingerprint density at radius 3 is 1.75 bits per heavy atom. The predicted molar refractivity (Wildman–Crippen MR) is 281 cm³/mol. The maximum atomic E-state index is 7.27. The summed E-state index contributed by atoms with van der Waals surface area (Å²) in [6.45, 7) is 2.35. The van der Waals surface area contributed by atoms with Crippen molar-refractivity contribution in [2.24, 2.45) is 0 Å². The van der Waals surface area contributed by atoms with Gasteiger partial charge < -0.3 is 9.30 Å². The van der Waals surface area contributed by atoms with Crippen molar-refractivity contribution >= 4 is 118 Å². The van der Waals surface area contributed by atoms with Crippen LogP contribution in [0.3, 0.4) is 0 Å². The van der Waals surface area contributed by atoms with Crippen LogP contribution in [0, 0.1) is 0 Å². The van der Waals surface area contributed by atoms with Crippen molar-refractivity contribution in [3.8, 4) is 28.5 Å². The van der Waals surface area contributed by atoms with E-state index in [0.717, 1.165) is 54.1 Å². The number of para-hydroxylation sites is 1. The fourth-order valence-corrected chi connectivity index (χ4v) is 13.7. The zero-order valence-electron chi connectivity index (χ0n) is 36.1. The quantitative estimate of drug-likeness (QED) is 0.177. The number of hydrogen-bond donors (Lipinski definition) is 0. The summed E-state index contributed by atoms with van der Waals surface area (Å²) in [5.74, 6) is 2.76. The Bertz CT molecular complexity index is 4230. The second-order valence-electron chi connectivity index (χ2n) is 18.0. The van der Waals surface area contributed by atoms with Crippen LogP contribution in [0.25, 0.3) is 118 Å². The summed E-state index contributed by atoms with van der Waals surface area (Å²) in [6.07, 6.45) is 4.07. The lowest BCUT2D eigenvalue weighted by molar-refractivity contribution is 0.239. The molecule has 0 fully saturated rings. The lowest BCUT2D eigenvalue weighted by Crippen LogP contribution is -2.41. The van der Waals surface area contributed by atoms with Gasteiger partial charge in [0, 0.05) is 79.1 Å². The van der Waals surface area contributed by atoms with E-state index in [4.69, 9.17) is 19.7 Å². The van der Waals surface area contributed by atoms with E-state index in [0.29, 0.717) is 17.5 Å². The molecular weight excluding hydrogens is 857 g/mol.